The molecule has 2 fully saturated rings. The van der Waals surface area contributed by atoms with Gasteiger partial charge in [0.15, 0.2) is 0 Å². The molecule has 0 heterocycles. The second kappa shape index (κ2) is 7.64. The highest BCUT2D eigenvalue weighted by Gasteiger charge is 2.35. The summed E-state index contributed by atoms with van der Waals surface area (Å²) in [6, 6.07) is 0.873. The SMILES string of the molecule is CCCNCC1(CN(C)C2CCCCC2)CCCC1. The molecule has 2 nitrogen and oxygen atoms in total. The summed E-state index contributed by atoms with van der Waals surface area (Å²) in [7, 11) is 2.38. The Morgan fingerprint density at radius 2 is 1.74 bits per heavy atom. The molecule has 2 aliphatic carbocycles. The van der Waals surface area contributed by atoms with Crippen molar-refractivity contribution in [3.05, 3.63) is 0 Å². The van der Waals surface area contributed by atoms with E-state index in [-0.39, 0.29) is 0 Å². The molecule has 0 atom stereocenters. The van der Waals surface area contributed by atoms with E-state index in [1.54, 1.807) is 0 Å². The molecule has 0 aromatic heterocycles. The predicted molar refractivity (Wildman–Crippen MR) is 83.6 cm³/mol. The van der Waals surface area contributed by atoms with E-state index in [9.17, 15) is 0 Å². The first-order valence-electron chi connectivity index (χ1n) is 8.67. The van der Waals surface area contributed by atoms with Crippen LogP contribution in [0.1, 0.15) is 71.1 Å². The maximum absolute atomic E-state index is 3.70. The fourth-order valence-electron chi connectivity index (χ4n) is 4.23. The van der Waals surface area contributed by atoms with Crippen molar-refractivity contribution in [2.45, 2.75) is 77.2 Å². The van der Waals surface area contributed by atoms with Crippen LogP contribution in [-0.4, -0.2) is 37.6 Å². The Morgan fingerprint density at radius 1 is 1.05 bits per heavy atom. The molecule has 2 saturated carbocycles. The highest BCUT2D eigenvalue weighted by Crippen LogP contribution is 2.39. The molecule has 0 amide bonds. The van der Waals surface area contributed by atoms with Gasteiger partial charge in [0, 0.05) is 19.1 Å². The molecule has 0 radical (unpaired) electrons. The van der Waals surface area contributed by atoms with Crippen LogP contribution in [0, 0.1) is 5.41 Å². The highest BCUT2D eigenvalue weighted by atomic mass is 15.1. The molecule has 19 heavy (non-hydrogen) atoms. The van der Waals surface area contributed by atoms with Gasteiger partial charge in [0.05, 0.1) is 0 Å². The van der Waals surface area contributed by atoms with Crippen LogP contribution in [0.2, 0.25) is 0 Å². The van der Waals surface area contributed by atoms with Gasteiger partial charge in [-0.2, -0.15) is 0 Å². The van der Waals surface area contributed by atoms with Gasteiger partial charge in [0.1, 0.15) is 0 Å². The topological polar surface area (TPSA) is 15.3 Å². The smallest absolute Gasteiger partial charge is 0.00924 e. The standard InChI is InChI=1S/C17H34N2/c1-3-13-18-14-17(11-7-8-12-17)15-19(2)16-9-5-4-6-10-16/h16,18H,3-15H2,1-2H3. The van der Waals surface area contributed by atoms with Gasteiger partial charge in [-0.3, -0.25) is 0 Å². The molecule has 2 rings (SSSR count). The van der Waals surface area contributed by atoms with Crippen LogP contribution in [0.25, 0.3) is 0 Å². The summed E-state index contributed by atoms with van der Waals surface area (Å²) in [5, 5.41) is 3.70. The number of nitrogens with zero attached hydrogens (tertiary/aromatic N) is 1. The molecule has 2 aliphatic rings. The van der Waals surface area contributed by atoms with Crippen molar-refractivity contribution in [2.75, 3.05) is 26.7 Å². The number of nitrogens with one attached hydrogen (secondary N) is 1. The third-order valence-electron chi connectivity index (χ3n) is 5.37. The molecule has 112 valence electrons. The fourth-order valence-corrected chi connectivity index (χ4v) is 4.23. The minimum absolute atomic E-state index is 0.585. The van der Waals surface area contributed by atoms with E-state index in [0.717, 1.165) is 6.04 Å². The first-order chi connectivity index (χ1) is 9.26. The Hall–Kier alpha value is -0.0800. The second-order valence-electron chi connectivity index (χ2n) is 7.09. The molecule has 0 aromatic rings. The van der Waals surface area contributed by atoms with E-state index in [2.05, 4.69) is 24.2 Å². The van der Waals surface area contributed by atoms with Gasteiger partial charge in [0.2, 0.25) is 0 Å². The average molecular weight is 266 g/mol. The molecule has 0 aliphatic heterocycles. The summed E-state index contributed by atoms with van der Waals surface area (Å²) in [6.45, 7) is 6.03. The van der Waals surface area contributed by atoms with Crippen LogP contribution in [-0.2, 0) is 0 Å². The molecule has 0 spiro atoms. The largest absolute Gasteiger partial charge is 0.316 e. The number of hydrogen-bond donors (Lipinski definition) is 1. The molecular formula is C17H34N2. The molecular weight excluding hydrogens is 232 g/mol. The van der Waals surface area contributed by atoms with E-state index in [1.807, 2.05) is 0 Å². The van der Waals surface area contributed by atoms with E-state index < -0.39 is 0 Å². The molecule has 2 heteroatoms. The van der Waals surface area contributed by atoms with Crippen molar-refractivity contribution in [1.29, 1.82) is 0 Å². The lowest BCUT2D eigenvalue weighted by Gasteiger charge is -2.39. The maximum atomic E-state index is 3.70. The third kappa shape index (κ3) is 4.46. The molecule has 0 aromatic carbocycles. The number of rotatable bonds is 7. The van der Waals surface area contributed by atoms with Gasteiger partial charge in [-0.05, 0) is 51.1 Å². The lowest BCUT2D eigenvalue weighted by molar-refractivity contribution is 0.113. The van der Waals surface area contributed by atoms with Gasteiger partial charge < -0.3 is 10.2 Å². The zero-order valence-electron chi connectivity index (χ0n) is 13.2. The molecule has 0 bridgehead atoms. The summed E-state index contributed by atoms with van der Waals surface area (Å²) in [6.07, 6.45) is 14.3. The lowest BCUT2D eigenvalue weighted by atomic mass is 9.84. The van der Waals surface area contributed by atoms with Gasteiger partial charge in [-0.15, -0.1) is 0 Å². The van der Waals surface area contributed by atoms with Gasteiger partial charge in [-0.1, -0.05) is 39.0 Å². The first-order valence-corrected chi connectivity index (χ1v) is 8.67. The Morgan fingerprint density at radius 3 is 2.37 bits per heavy atom. The zero-order chi connectivity index (χ0) is 13.6. The monoisotopic (exact) mass is 266 g/mol. The summed E-state index contributed by atoms with van der Waals surface area (Å²) in [4.78, 5) is 2.71. The van der Waals surface area contributed by atoms with Crippen LogP contribution in [0.5, 0.6) is 0 Å². The Balaban J connectivity index is 1.84. The summed E-state index contributed by atoms with van der Waals surface area (Å²) in [5.74, 6) is 0. The van der Waals surface area contributed by atoms with Gasteiger partial charge >= 0.3 is 0 Å². The fraction of sp³-hybridized carbons (Fsp3) is 1.00. The molecule has 0 saturated heterocycles. The summed E-state index contributed by atoms with van der Waals surface area (Å²) in [5.41, 5.74) is 0.585. The van der Waals surface area contributed by atoms with E-state index >= 15 is 0 Å². The minimum atomic E-state index is 0.585. The minimum Gasteiger partial charge on any atom is -0.316 e. The van der Waals surface area contributed by atoms with Crippen molar-refractivity contribution in [1.82, 2.24) is 10.2 Å². The molecule has 1 N–H and O–H groups in total. The van der Waals surface area contributed by atoms with Gasteiger partial charge in [-0.25, -0.2) is 0 Å². The number of hydrogen-bond acceptors (Lipinski definition) is 2. The van der Waals surface area contributed by atoms with Crippen LogP contribution in [0.3, 0.4) is 0 Å². The van der Waals surface area contributed by atoms with Crippen molar-refractivity contribution in [3.8, 4) is 0 Å². The van der Waals surface area contributed by atoms with Crippen LogP contribution in [0.4, 0.5) is 0 Å². The molecule has 0 unspecified atom stereocenters. The van der Waals surface area contributed by atoms with Crippen molar-refractivity contribution >= 4 is 0 Å². The predicted octanol–water partition coefficient (Wildman–Crippen LogP) is 3.81. The zero-order valence-corrected chi connectivity index (χ0v) is 13.2. The Kier molecular flexibility index (Phi) is 6.15. The van der Waals surface area contributed by atoms with Crippen molar-refractivity contribution in [2.24, 2.45) is 5.41 Å². The normalized spacial score (nSPS) is 24.2. The Bertz CT molecular complexity index is 240. The van der Waals surface area contributed by atoms with Crippen molar-refractivity contribution in [3.63, 3.8) is 0 Å². The average Bonchev–Trinajstić information content (AvgIpc) is 2.89. The first kappa shape index (κ1) is 15.3. The highest BCUT2D eigenvalue weighted by molar-refractivity contribution is 4.90. The maximum Gasteiger partial charge on any atom is 0.00924 e. The van der Waals surface area contributed by atoms with Crippen molar-refractivity contribution < 1.29 is 0 Å². The van der Waals surface area contributed by atoms with E-state index in [1.165, 1.54) is 83.8 Å². The summed E-state index contributed by atoms with van der Waals surface area (Å²) >= 11 is 0. The lowest BCUT2D eigenvalue weighted by Crippen LogP contribution is -2.45. The quantitative estimate of drug-likeness (QED) is 0.705. The van der Waals surface area contributed by atoms with Crippen LogP contribution >= 0.6 is 0 Å². The third-order valence-corrected chi connectivity index (χ3v) is 5.37. The Labute approximate surface area is 120 Å². The van der Waals surface area contributed by atoms with E-state index in [0.29, 0.717) is 5.41 Å². The second-order valence-corrected chi connectivity index (χ2v) is 7.09. The van der Waals surface area contributed by atoms with Crippen LogP contribution < -0.4 is 5.32 Å². The summed E-state index contributed by atoms with van der Waals surface area (Å²) < 4.78 is 0. The van der Waals surface area contributed by atoms with E-state index in [4.69, 9.17) is 0 Å². The van der Waals surface area contributed by atoms with Gasteiger partial charge in [0.25, 0.3) is 0 Å². The van der Waals surface area contributed by atoms with Crippen LogP contribution in [0.15, 0.2) is 0 Å².